The molecule has 0 aliphatic heterocycles. The van der Waals surface area contributed by atoms with Gasteiger partial charge < -0.3 is 5.11 Å². The molecule has 1 aromatic rings. The van der Waals surface area contributed by atoms with Gasteiger partial charge in [0.1, 0.15) is 0 Å². The lowest BCUT2D eigenvalue weighted by atomic mass is 10.1. The zero-order chi connectivity index (χ0) is 9.84. The van der Waals surface area contributed by atoms with Crippen molar-refractivity contribution in [2.75, 3.05) is 6.26 Å². The maximum absolute atomic E-state index is 13.2. The second-order valence-corrected chi connectivity index (χ2v) is 3.39. The lowest BCUT2D eigenvalue weighted by Crippen LogP contribution is -1.92. The maximum Gasteiger partial charge on any atom is 0.169 e. The van der Waals surface area contributed by atoms with Crippen molar-refractivity contribution >= 4 is 18.0 Å². The highest BCUT2D eigenvalue weighted by atomic mass is 32.2. The average Bonchev–Trinajstić information content (AvgIpc) is 2.14. The SMILES string of the molecule is CSCc1ccc(C=O)c(O)c1F. The summed E-state index contributed by atoms with van der Waals surface area (Å²) in [6.07, 6.45) is 2.27. The van der Waals surface area contributed by atoms with Crippen LogP contribution in [0.4, 0.5) is 4.39 Å². The van der Waals surface area contributed by atoms with Crippen molar-refractivity contribution < 1.29 is 14.3 Å². The minimum absolute atomic E-state index is 0.0117. The zero-order valence-corrected chi connectivity index (χ0v) is 7.90. The minimum atomic E-state index is -0.695. The second kappa shape index (κ2) is 4.28. The molecule has 0 spiro atoms. The maximum atomic E-state index is 13.2. The van der Waals surface area contributed by atoms with E-state index in [1.807, 2.05) is 6.26 Å². The number of halogens is 1. The van der Waals surface area contributed by atoms with Crippen molar-refractivity contribution in [2.45, 2.75) is 5.75 Å². The quantitative estimate of drug-likeness (QED) is 0.760. The molecule has 0 aromatic heterocycles. The van der Waals surface area contributed by atoms with Crippen molar-refractivity contribution in [1.29, 1.82) is 0 Å². The van der Waals surface area contributed by atoms with Gasteiger partial charge >= 0.3 is 0 Å². The Morgan fingerprint density at radius 3 is 2.85 bits per heavy atom. The van der Waals surface area contributed by atoms with Gasteiger partial charge in [-0.2, -0.15) is 11.8 Å². The summed E-state index contributed by atoms with van der Waals surface area (Å²) in [4.78, 5) is 10.3. The van der Waals surface area contributed by atoms with Crippen LogP contribution in [0.25, 0.3) is 0 Å². The fourth-order valence-corrected chi connectivity index (χ4v) is 1.52. The number of benzene rings is 1. The van der Waals surface area contributed by atoms with E-state index in [1.165, 1.54) is 23.9 Å². The molecule has 0 saturated heterocycles. The first-order valence-electron chi connectivity index (χ1n) is 3.65. The van der Waals surface area contributed by atoms with Gasteiger partial charge in [-0.15, -0.1) is 0 Å². The molecule has 1 N–H and O–H groups in total. The van der Waals surface area contributed by atoms with E-state index >= 15 is 0 Å². The minimum Gasteiger partial charge on any atom is -0.504 e. The summed E-state index contributed by atoms with van der Waals surface area (Å²) in [6.45, 7) is 0. The van der Waals surface area contributed by atoms with E-state index in [4.69, 9.17) is 0 Å². The molecule has 0 bridgehead atoms. The largest absolute Gasteiger partial charge is 0.504 e. The predicted octanol–water partition coefficient (Wildman–Crippen LogP) is 2.21. The van der Waals surface area contributed by atoms with E-state index < -0.39 is 11.6 Å². The van der Waals surface area contributed by atoms with Gasteiger partial charge in [0.2, 0.25) is 0 Å². The first-order chi connectivity index (χ1) is 6.20. The first kappa shape index (κ1) is 10.1. The Morgan fingerprint density at radius 2 is 2.31 bits per heavy atom. The number of thioether (sulfide) groups is 1. The van der Waals surface area contributed by atoms with Crippen molar-refractivity contribution in [3.05, 3.63) is 29.1 Å². The van der Waals surface area contributed by atoms with Gasteiger partial charge in [-0.1, -0.05) is 6.07 Å². The van der Waals surface area contributed by atoms with Crippen LogP contribution in [0.15, 0.2) is 12.1 Å². The molecule has 70 valence electrons. The lowest BCUT2D eigenvalue weighted by molar-refractivity contribution is 0.112. The van der Waals surface area contributed by atoms with E-state index in [0.717, 1.165) is 0 Å². The van der Waals surface area contributed by atoms with Crippen LogP contribution in [-0.2, 0) is 5.75 Å². The fraction of sp³-hybridized carbons (Fsp3) is 0.222. The molecule has 0 aliphatic rings. The molecule has 0 amide bonds. The molecule has 2 nitrogen and oxygen atoms in total. The van der Waals surface area contributed by atoms with Crippen LogP contribution in [0.2, 0.25) is 0 Å². The Kier molecular flexibility index (Phi) is 3.31. The standard InChI is InChI=1S/C9H9FO2S/c1-13-5-7-3-2-6(4-11)9(12)8(7)10/h2-4,12H,5H2,1H3. The number of aromatic hydroxyl groups is 1. The van der Waals surface area contributed by atoms with E-state index in [9.17, 15) is 14.3 Å². The summed E-state index contributed by atoms with van der Waals surface area (Å²) in [5.74, 6) is -0.765. The highest BCUT2D eigenvalue weighted by Gasteiger charge is 2.10. The summed E-state index contributed by atoms with van der Waals surface area (Å²) in [6, 6.07) is 2.92. The molecule has 0 atom stereocenters. The molecule has 1 aromatic carbocycles. The monoisotopic (exact) mass is 200 g/mol. The molecular weight excluding hydrogens is 191 g/mol. The van der Waals surface area contributed by atoms with E-state index in [0.29, 0.717) is 17.6 Å². The topological polar surface area (TPSA) is 37.3 Å². The van der Waals surface area contributed by atoms with Gasteiger partial charge in [-0.25, -0.2) is 4.39 Å². The van der Waals surface area contributed by atoms with Gasteiger partial charge in [0.15, 0.2) is 17.9 Å². The Morgan fingerprint density at radius 1 is 1.62 bits per heavy atom. The summed E-state index contributed by atoms with van der Waals surface area (Å²) in [5.41, 5.74) is 0.401. The first-order valence-corrected chi connectivity index (χ1v) is 5.04. The molecule has 0 fully saturated rings. The Bertz CT molecular complexity index is 326. The molecule has 0 saturated carbocycles. The summed E-state index contributed by atoms with van der Waals surface area (Å²) in [7, 11) is 0. The molecule has 0 heterocycles. The predicted molar refractivity (Wildman–Crippen MR) is 50.7 cm³/mol. The third-order valence-corrected chi connectivity index (χ3v) is 2.25. The third-order valence-electron chi connectivity index (χ3n) is 1.65. The van der Waals surface area contributed by atoms with Crippen LogP contribution in [0.1, 0.15) is 15.9 Å². The highest BCUT2D eigenvalue weighted by molar-refractivity contribution is 7.97. The molecule has 0 radical (unpaired) electrons. The van der Waals surface area contributed by atoms with Crippen LogP contribution in [-0.4, -0.2) is 17.6 Å². The van der Waals surface area contributed by atoms with Gasteiger partial charge in [0.05, 0.1) is 5.56 Å². The number of hydrogen-bond donors (Lipinski definition) is 1. The van der Waals surface area contributed by atoms with Gasteiger partial charge in [0.25, 0.3) is 0 Å². The summed E-state index contributed by atoms with van der Waals surface area (Å²) in [5, 5.41) is 9.19. The van der Waals surface area contributed by atoms with Crippen molar-refractivity contribution in [1.82, 2.24) is 0 Å². The van der Waals surface area contributed by atoms with E-state index in [1.54, 1.807) is 0 Å². The Balaban J connectivity index is 3.14. The van der Waals surface area contributed by atoms with Crippen LogP contribution >= 0.6 is 11.8 Å². The summed E-state index contributed by atoms with van der Waals surface area (Å²) >= 11 is 1.45. The number of phenols is 1. The molecule has 0 unspecified atom stereocenters. The van der Waals surface area contributed by atoms with Crippen LogP contribution in [0.3, 0.4) is 0 Å². The number of carbonyl (C=O) groups excluding carboxylic acids is 1. The number of rotatable bonds is 3. The molecular formula is C9H9FO2S. The normalized spacial score (nSPS) is 10.0. The van der Waals surface area contributed by atoms with Crippen molar-refractivity contribution in [2.24, 2.45) is 0 Å². The Labute approximate surface area is 79.8 Å². The van der Waals surface area contributed by atoms with Crippen LogP contribution in [0, 0.1) is 5.82 Å². The number of hydrogen-bond acceptors (Lipinski definition) is 3. The van der Waals surface area contributed by atoms with Crippen molar-refractivity contribution in [3.8, 4) is 5.75 Å². The molecule has 13 heavy (non-hydrogen) atoms. The van der Waals surface area contributed by atoms with Crippen LogP contribution in [0.5, 0.6) is 5.75 Å². The van der Waals surface area contributed by atoms with Gasteiger partial charge in [0, 0.05) is 11.3 Å². The van der Waals surface area contributed by atoms with Crippen molar-refractivity contribution in [3.63, 3.8) is 0 Å². The second-order valence-electron chi connectivity index (χ2n) is 2.53. The van der Waals surface area contributed by atoms with Crippen LogP contribution < -0.4 is 0 Å². The van der Waals surface area contributed by atoms with Gasteiger partial charge in [-0.05, 0) is 12.3 Å². The highest BCUT2D eigenvalue weighted by Crippen LogP contribution is 2.25. The average molecular weight is 200 g/mol. The Hall–Kier alpha value is -1.03. The zero-order valence-electron chi connectivity index (χ0n) is 7.08. The molecule has 1 rings (SSSR count). The third kappa shape index (κ3) is 2.01. The fourth-order valence-electron chi connectivity index (χ4n) is 0.983. The summed E-state index contributed by atoms with van der Waals surface area (Å²) < 4.78 is 13.2. The van der Waals surface area contributed by atoms with E-state index in [-0.39, 0.29) is 5.56 Å². The number of aldehydes is 1. The smallest absolute Gasteiger partial charge is 0.169 e. The molecule has 0 aliphatic carbocycles. The lowest BCUT2D eigenvalue weighted by Gasteiger charge is -2.04. The van der Waals surface area contributed by atoms with Gasteiger partial charge in [-0.3, -0.25) is 4.79 Å². The number of phenolic OH excluding ortho intramolecular Hbond substituents is 1. The molecule has 4 heteroatoms. The number of carbonyl (C=O) groups is 1. The van der Waals surface area contributed by atoms with E-state index in [2.05, 4.69) is 0 Å².